The number of anilines is 1. The quantitative estimate of drug-likeness (QED) is 0.285. The molecule has 1 heterocycles. The number of rotatable bonds is 9. The number of nitrogens with zero attached hydrogens (tertiary/aromatic N) is 2. The third-order valence-corrected chi connectivity index (χ3v) is 8.81. The zero-order valence-electron chi connectivity index (χ0n) is 19.0. The molecule has 4 aromatic rings. The molecule has 3 aromatic carbocycles. The SMILES string of the molecule is Cc1c(N(Cc2ccc(F)c(F)c2)S(=O)(=O)CCN(C)Cc2ccccc2)sc2ccccc12. The Morgan fingerprint density at radius 3 is 2.26 bits per heavy atom. The van der Waals surface area contributed by atoms with Gasteiger partial charge in [-0.25, -0.2) is 17.2 Å². The number of benzene rings is 3. The van der Waals surface area contributed by atoms with Crippen molar-refractivity contribution in [1.29, 1.82) is 0 Å². The van der Waals surface area contributed by atoms with Crippen LogP contribution in [0.15, 0.2) is 72.8 Å². The molecule has 1 aromatic heterocycles. The van der Waals surface area contributed by atoms with Crippen molar-refractivity contribution >= 4 is 36.4 Å². The summed E-state index contributed by atoms with van der Waals surface area (Å²) in [6.07, 6.45) is 0. The van der Waals surface area contributed by atoms with Gasteiger partial charge in [0.1, 0.15) is 5.00 Å². The Bertz CT molecular complexity index is 1390. The smallest absolute Gasteiger partial charge is 0.237 e. The van der Waals surface area contributed by atoms with Crippen molar-refractivity contribution in [2.75, 3.05) is 23.7 Å². The van der Waals surface area contributed by atoms with Crippen molar-refractivity contribution in [1.82, 2.24) is 4.90 Å². The Labute approximate surface area is 203 Å². The maximum absolute atomic E-state index is 13.9. The Morgan fingerprint density at radius 2 is 1.56 bits per heavy atom. The summed E-state index contributed by atoms with van der Waals surface area (Å²) in [5.74, 6) is -2.06. The maximum atomic E-state index is 13.9. The van der Waals surface area contributed by atoms with Gasteiger partial charge in [0.25, 0.3) is 0 Å². The lowest BCUT2D eigenvalue weighted by Gasteiger charge is -2.26. The van der Waals surface area contributed by atoms with E-state index in [2.05, 4.69) is 0 Å². The van der Waals surface area contributed by atoms with Gasteiger partial charge in [0, 0.05) is 17.8 Å². The van der Waals surface area contributed by atoms with Crippen LogP contribution in [0.1, 0.15) is 16.7 Å². The molecule has 34 heavy (non-hydrogen) atoms. The molecule has 0 amide bonds. The Morgan fingerprint density at radius 1 is 0.853 bits per heavy atom. The van der Waals surface area contributed by atoms with Crippen molar-refractivity contribution < 1.29 is 17.2 Å². The molecule has 4 rings (SSSR count). The van der Waals surface area contributed by atoms with E-state index in [9.17, 15) is 17.2 Å². The summed E-state index contributed by atoms with van der Waals surface area (Å²) in [7, 11) is -1.89. The van der Waals surface area contributed by atoms with Crippen LogP contribution in [-0.2, 0) is 23.1 Å². The van der Waals surface area contributed by atoms with E-state index in [1.54, 1.807) is 0 Å². The topological polar surface area (TPSA) is 40.6 Å². The van der Waals surface area contributed by atoms with Crippen molar-refractivity contribution in [3.05, 3.63) is 101 Å². The van der Waals surface area contributed by atoms with E-state index in [-0.39, 0.29) is 12.3 Å². The summed E-state index contributed by atoms with van der Waals surface area (Å²) >= 11 is 1.39. The van der Waals surface area contributed by atoms with E-state index in [0.717, 1.165) is 33.3 Å². The van der Waals surface area contributed by atoms with E-state index >= 15 is 0 Å². The number of hydrogen-bond acceptors (Lipinski definition) is 4. The predicted octanol–water partition coefficient (Wildman–Crippen LogP) is 5.96. The molecule has 0 fully saturated rings. The number of thiophene rings is 1. The molecule has 0 unspecified atom stereocenters. The van der Waals surface area contributed by atoms with Crippen LogP contribution in [0.5, 0.6) is 0 Å². The van der Waals surface area contributed by atoms with Crippen molar-refractivity contribution in [3.63, 3.8) is 0 Å². The van der Waals surface area contributed by atoms with Crippen molar-refractivity contribution in [2.24, 2.45) is 0 Å². The number of hydrogen-bond donors (Lipinski definition) is 0. The first-order valence-electron chi connectivity index (χ1n) is 10.9. The second-order valence-corrected chi connectivity index (χ2v) is 11.4. The first-order valence-corrected chi connectivity index (χ1v) is 13.3. The minimum Gasteiger partial charge on any atom is -0.301 e. The molecule has 0 saturated carbocycles. The van der Waals surface area contributed by atoms with Crippen LogP contribution in [0, 0.1) is 18.6 Å². The average molecular weight is 501 g/mol. The molecule has 0 bridgehead atoms. The van der Waals surface area contributed by atoms with Crippen molar-refractivity contribution in [2.45, 2.75) is 20.0 Å². The molecule has 0 spiro atoms. The second-order valence-electron chi connectivity index (χ2n) is 8.32. The lowest BCUT2D eigenvalue weighted by Crippen LogP contribution is -2.36. The van der Waals surface area contributed by atoms with E-state index in [4.69, 9.17) is 0 Å². The summed E-state index contributed by atoms with van der Waals surface area (Å²) < 4.78 is 56.9. The van der Waals surface area contributed by atoms with Gasteiger partial charge in [-0.3, -0.25) is 4.31 Å². The molecular weight excluding hydrogens is 474 g/mol. The summed E-state index contributed by atoms with van der Waals surface area (Å²) in [6, 6.07) is 21.1. The third kappa shape index (κ3) is 5.46. The zero-order chi connectivity index (χ0) is 24.3. The van der Waals surface area contributed by atoms with E-state index in [1.165, 1.54) is 21.7 Å². The van der Waals surface area contributed by atoms with Crippen LogP contribution in [0.4, 0.5) is 13.8 Å². The lowest BCUT2D eigenvalue weighted by atomic mass is 10.2. The Kier molecular flexibility index (Phi) is 7.30. The van der Waals surface area contributed by atoms with E-state index in [1.807, 2.05) is 73.5 Å². The largest absolute Gasteiger partial charge is 0.301 e. The molecule has 0 aliphatic carbocycles. The van der Waals surface area contributed by atoms with Gasteiger partial charge in [-0.05, 0) is 54.2 Å². The van der Waals surface area contributed by atoms with Gasteiger partial charge in [-0.2, -0.15) is 0 Å². The highest BCUT2D eigenvalue weighted by Gasteiger charge is 2.27. The molecule has 0 aliphatic rings. The fourth-order valence-corrected chi connectivity index (χ4v) is 6.92. The van der Waals surface area contributed by atoms with Gasteiger partial charge in [0.05, 0.1) is 12.3 Å². The second kappa shape index (κ2) is 10.2. The van der Waals surface area contributed by atoms with E-state index in [0.29, 0.717) is 23.7 Å². The summed E-state index contributed by atoms with van der Waals surface area (Å²) in [4.78, 5) is 1.96. The highest BCUT2D eigenvalue weighted by Crippen LogP contribution is 2.39. The minimum atomic E-state index is -3.77. The van der Waals surface area contributed by atoms with Gasteiger partial charge in [-0.15, -0.1) is 11.3 Å². The highest BCUT2D eigenvalue weighted by atomic mass is 32.2. The monoisotopic (exact) mass is 500 g/mol. The maximum Gasteiger partial charge on any atom is 0.237 e. The van der Waals surface area contributed by atoms with Crippen LogP contribution >= 0.6 is 11.3 Å². The molecule has 0 radical (unpaired) electrons. The fourth-order valence-electron chi connectivity index (χ4n) is 3.86. The van der Waals surface area contributed by atoms with Crippen LogP contribution in [0.2, 0.25) is 0 Å². The summed E-state index contributed by atoms with van der Waals surface area (Å²) in [5, 5.41) is 1.57. The van der Waals surface area contributed by atoms with Crippen LogP contribution < -0.4 is 4.31 Å². The molecule has 8 heteroatoms. The zero-order valence-corrected chi connectivity index (χ0v) is 20.7. The Balaban J connectivity index is 1.63. The number of aryl methyl sites for hydroxylation is 1. The summed E-state index contributed by atoms with van der Waals surface area (Å²) in [5.41, 5.74) is 2.34. The number of halogens is 2. The van der Waals surface area contributed by atoms with Gasteiger partial charge in [0.15, 0.2) is 11.6 Å². The minimum absolute atomic E-state index is 0.0738. The molecule has 4 nitrogen and oxygen atoms in total. The van der Waals surface area contributed by atoms with Gasteiger partial charge >= 0.3 is 0 Å². The van der Waals surface area contributed by atoms with Gasteiger partial charge < -0.3 is 4.90 Å². The fraction of sp³-hybridized carbons (Fsp3) is 0.231. The molecule has 178 valence electrons. The number of sulfonamides is 1. The average Bonchev–Trinajstić information content (AvgIpc) is 3.15. The highest BCUT2D eigenvalue weighted by molar-refractivity contribution is 7.93. The first kappa shape index (κ1) is 24.3. The normalized spacial score (nSPS) is 11.9. The van der Waals surface area contributed by atoms with Gasteiger partial charge in [-0.1, -0.05) is 54.6 Å². The van der Waals surface area contributed by atoms with E-state index < -0.39 is 21.7 Å². The van der Waals surface area contributed by atoms with Crippen LogP contribution in [0.3, 0.4) is 0 Å². The predicted molar refractivity (Wildman–Crippen MR) is 136 cm³/mol. The molecule has 0 N–H and O–H groups in total. The molecular formula is C26H26F2N2O2S2. The Hall–Kier alpha value is -2.81. The van der Waals surface area contributed by atoms with Crippen LogP contribution in [0.25, 0.3) is 10.1 Å². The standard InChI is InChI=1S/C26H26F2N2O2S2/c1-19-22-10-6-7-11-25(22)33-26(19)30(18-21-12-13-23(27)24(28)16-21)34(31,32)15-14-29(2)17-20-8-4-3-5-9-20/h3-13,16H,14-15,17-18H2,1-2H3. The van der Waals surface area contributed by atoms with Crippen LogP contribution in [-0.4, -0.2) is 32.7 Å². The first-order chi connectivity index (χ1) is 16.2. The lowest BCUT2D eigenvalue weighted by molar-refractivity contribution is 0.346. The molecule has 0 saturated heterocycles. The third-order valence-electron chi connectivity index (χ3n) is 5.72. The van der Waals surface area contributed by atoms with Gasteiger partial charge in [0.2, 0.25) is 10.0 Å². The number of fused-ring (bicyclic) bond motifs is 1. The van der Waals surface area contributed by atoms with Crippen molar-refractivity contribution in [3.8, 4) is 0 Å². The molecule has 0 atom stereocenters. The summed E-state index contributed by atoms with van der Waals surface area (Å²) in [6.45, 7) is 2.77. The molecule has 0 aliphatic heterocycles.